The van der Waals surface area contributed by atoms with Crippen molar-refractivity contribution in [1.82, 2.24) is 14.9 Å². The van der Waals surface area contributed by atoms with E-state index in [1.54, 1.807) is 36.8 Å². The summed E-state index contributed by atoms with van der Waals surface area (Å²) in [6.07, 6.45) is 5.08. The van der Waals surface area contributed by atoms with Gasteiger partial charge in [0.05, 0.1) is 35.1 Å². The minimum absolute atomic E-state index is 0.0135. The first-order valence-electron chi connectivity index (χ1n) is 9.47. The second-order valence-corrected chi connectivity index (χ2v) is 7.42. The second-order valence-electron chi connectivity index (χ2n) is 7.42. The topological polar surface area (TPSA) is 92.3 Å². The van der Waals surface area contributed by atoms with Crippen LogP contribution in [-0.2, 0) is 11.2 Å². The number of anilines is 1. The summed E-state index contributed by atoms with van der Waals surface area (Å²) in [5.74, 6) is -1.01. The zero-order chi connectivity index (χ0) is 21.4. The standard InChI is InChI=1S/C23H20N4O3/c1-13-6-15(21-18(8-13)22(29)27(3)23(21)30)9-20(28)26-17-4-5-19(25-12-17)16-7-14(2)10-24-11-16/h4-8,10-12H,9H2,1-3H3,(H,26,28). The Labute approximate surface area is 173 Å². The Kier molecular flexibility index (Phi) is 4.87. The van der Waals surface area contributed by atoms with Gasteiger partial charge in [-0.05, 0) is 54.8 Å². The molecular weight excluding hydrogens is 380 g/mol. The molecule has 0 atom stereocenters. The smallest absolute Gasteiger partial charge is 0.261 e. The number of hydrogen-bond acceptors (Lipinski definition) is 5. The summed E-state index contributed by atoms with van der Waals surface area (Å²) < 4.78 is 0. The molecular formula is C23H20N4O3. The number of rotatable bonds is 4. The number of imide groups is 1. The molecule has 150 valence electrons. The van der Waals surface area contributed by atoms with E-state index in [0.29, 0.717) is 22.4 Å². The number of aromatic nitrogens is 2. The molecule has 3 amide bonds. The van der Waals surface area contributed by atoms with E-state index in [4.69, 9.17) is 0 Å². The van der Waals surface area contributed by atoms with E-state index in [2.05, 4.69) is 15.3 Å². The number of carbonyl (C=O) groups excluding carboxylic acids is 3. The monoisotopic (exact) mass is 400 g/mol. The summed E-state index contributed by atoms with van der Waals surface area (Å²) in [4.78, 5) is 46.9. The lowest BCUT2D eigenvalue weighted by Gasteiger charge is -2.10. The zero-order valence-corrected chi connectivity index (χ0v) is 16.9. The number of amides is 3. The molecule has 0 radical (unpaired) electrons. The van der Waals surface area contributed by atoms with Crippen molar-refractivity contribution < 1.29 is 14.4 Å². The average Bonchev–Trinajstić information content (AvgIpc) is 2.92. The molecule has 1 aliphatic heterocycles. The van der Waals surface area contributed by atoms with Gasteiger partial charge in [-0.25, -0.2) is 0 Å². The van der Waals surface area contributed by atoms with Gasteiger partial charge in [-0.1, -0.05) is 6.07 Å². The Morgan fingerprint density at radius 1 is 1.00 bits per heavy atom. The van der Waals surface area contributed by atoms with E-state index in [9.17, 15) is 14.4 Å². The lowest BCUT2D eigenvalue weighted by Crippen LogP contribution is -2.24. The van der Waals surface area contributed by atoms with Crippen molar-refractivity contribution in [2.24, 2.45) is 0 Å². The van der Waals surface area contributed by atoms with Gasteiger partial charge in [0, 0.05) is 25.0 Å². The van der Waals surface area contributed by atoms with Gasteiger partial charge in [0.15, 0.2) is 0 Å². The SMILES string of the molecule is Cc1cncc(-c2ccc(NC(=O)Cc3cc(C)cc4c3C(=O)N(C)C4=O)cn2)c1. The zero-order valence-electron chi connectivity index (χ0n) is 16.9. The summed E-state index contributed by atoms with van der Waals surface area (Å²) in [6, 6.07) is 9.03. The number of carbonyl (C=O) groups is 3. The summed E-state index contributed by atoms with van der Waals surface area (Å²) in [5.41, 5.74) is 5.27. The van der Waals surface area contributed by atoms with Gasteiger partial charge in [0.2, 0.25) is 5.91 Å². The summed E-state index contributed by atoms with van der Waals surface area (Å²) in [5, 5.41) is 2.80. The maximum absolute atomic E-state index is 12.6. The normalized spacial score (nSPS) is 12.8. The van der Waals surface area contributed by atoms with Gasteiger partial charge in [0.25, 0.3) is 11.8 Å². The molecule has 0 unspecified atom stereocenters. The van der Waals surface area contributed by atoms with Crippen LogP contribution in [0.3, 0.4) is 0 Å². The average molecular weight is 400 g/mol. The first-order valence-corrected chi connectivity index (χ1v) is 9.47. The summed E-state index contributed by atoms with van der Waals surface area (Å²) >= 11 is 0. The van der Waals surface area contributed by atoms with Crippen molar-refractivity contribution in [3.05, 3.63) is 76.7 Å². The highest BCUT2D eigenvalue weighted by Crippen LogP contribution is 2.27. The molecule has 2 aromatic heterocycles. The van der Waals surface area contributed by atoms with E-state index >= 15 is 0 Å². The Balaban J connectivity index is 1.52. The molecule has 1 N–H and O–H groups in total. The molecule has 7 nitrogen and oxygen atoms in total. The van der Waals surface area contributed by atoms with Crippen LogP contribution in [0.25, 0.3) is 11.3 Å². The number of pyridine rings is 2. The fourth-order valence-electron chi connectivity index (χ4n) is 3.57. The van der Waals surface area contributed by atoms with Crippen molar-refractivity contribution in [1.29, 1.82) is 0 Å². The highest BCUT2D eigenvalue weighted by molar-refractivity contribution is 6.22. The fraction of sp³-hybridized carbons (Fsp3) is 0.174. The maximum atomic E-state index is 12.6. The molecule has 0 fully saturated rings. The Bertz CT molecular complexity index is 1190. The summed E-state index contributed by atoms with van der Waals surface area (Å²) in [6.45, 7) is 3.80. The van der Waals surface area contributed by atoms with Crippen molar-refractivity contribution >= 4 is 23.4 Å². The van der Waals surface area contributed by atoms with Crippen LogP contribution < -0.4 is 5.32 Å². The van der Waals surface area contributed by atoms with Gasteiger partial charge in [0.1, 0.15) is 0 Å². The number of fused-ring (bicyclic) bond motifs is 1. The molecule has 0 spiro atoms. The van der Waals surface area contributed by atoms with Crippen molar-refractivity contribution in [3.63, 3.8) is 0 Å². The van der Waals surface area contributed by atoms with E-state index in [1.807, 2.05) is 26.0 Å². The molecule has 0 aliphatic carbocycles. The lowest BCUT2D eigenvalue weighted by atomic mass is 9.97. The maximum Gasteiger partial charge on any atom is 0.261 e. The van der Waals surface area contributed by atoms with Gasteiger partial charge >= 0.3 is 0 Å². The minimum atomic E-state index is -0.379. The fourth-order valence-corrected chi connectivity index (χ4v) is 3.57. The molecule has 3 heterocycles. The Hall–Kier alpha value is -3.87. The largest absolute Gasteiger partial charge is 0.324 e. The van der Waals surface area contributed by atoms with E-state index < -0.39 is 0 Å². The predicted octanol–water partition coefficient (Wildman–Crippen LogP) is 3.17. The molecule has 7 heteroatoms. The first-order chi connectivity index (χ1) is 14.3. The first kappa shape index (κ1) is 19.4. The van der Waals surface area contributed by atoms with E-state index in [0.717, 1.165) is 27.3 Å². The van der Waals surface area contributed by atoms with Gasteiger partial charge in [-0.2, -0.15) is 0 Å². The third-order valence-electron chi connectivity index (χ3n) is 4.99. The van der Waals surface area contributed by atoms with E-state index in [1.165, 1.54) is 7.05 Å². The second kappa shape index (κ2) is 7.51. The number of aryl methyl sites for hydroxylation is 2. The third-order valence-corrected chi connectivity index (χ3v) is 4.99. The van der Waals surface area contributed by atoms with Crippen molar-refractivity contribution in [2.75, 3.05) is 12.4 Å². The van der Waals surface area contributed by atoms with Crippen LogP contribution in [0.15, 0.2) is 48.9 Å². The highest BCUT2D eigenvalue weighted by atomic mass is 16.2. The quantitative estimate of drug-likeness (QED) is 0.679. The number of nitrogens with zero attached hydrogens (tertiary/aromatic N) is 3. The van der Waals surface area contributed by atoms with E-state index in [-0.39, 0.29) is 24.1 Å². The van der Waals surface area contributed by atoms with Gasteiger partial charge < -0.3 is 5.32 Å². The molecule has 1 aliphatic rings. The predicted molar refractivity (Wildman–Crippen MR) is 112 cm³/mol. The molecule has 1 aromatic carbocycles. The number of benzene rings is 1. The van der Waals surface area contributed by atoms with Crippen LogP contribution in [0.4, 0.5) is 5.69 Å². The molecule has 4 rings (SSSR count). The lowest BCUT2D eigenvalue weighted by molar-refractivity contribution is -0.115. The highest BCUT2D eigenvalue weighted by Gasteiger charge is 2.35. The number of hydrogen-bond donors (Lipinski definition) is 1. The Morgan fingerprint density at radius 2 is 1.80 bits per heavy atom. The van der Waals surface area contributed by atoms with Crippen LogP contribution >= 0.6 is 0 Å². The van der Waals surface area contributed by atoms with Crippen LogP contribution in [0, 0.1) is 13.8 Å². The van der Waals surface area contributed by atoms with Crippen LogP contribution in [0.5, 0.6) is 0 Å². The van der Waals surface area contributed by atoms with Crippen LogP contribution in [-0.4, -0.2) is 39.6 Å². The van der Waals surface area contributed by atoms with Crippen molar-refractivity contribution in [3.8, 4) is 11.3 Å². The summed E-state index contributed by atoms with van der Waals surface area (Å²) in [7, 11) is 1.45. The van der Waals surface area contributed by atoms with Crippen LogP contribution in [0.1, 0.15) is 37.4 Å². The molecule has 30 heavy (non-hydrogen) atoms. The van der Waals surface area contributed by atoms with Gasteiger partial charge in [-0.3, -0.25) is 29.3 Å². The minimum Gasteiger partial charge on any atom is -0.324 e. The number of nitrogens with one attached hydrogen (secondary N) is 1. The Morgan fingerprint density at radius 3 is 2.50 bits per heavy atom. The molecule has 0 bridgehead atoms. The van der Waals surface area contributed by atoms with Crippen molar-refractivity contribution in [2.45, 2.75) is 20.3 Å². The molecule has 3 aromatic rings. The molecule has 0 saturated heterocycles. The van der Waals surface area contributed by atoms with Gasteiger partial charge in [-0.15, -0.1) is 0 Å². The van der Waals surface area contributed by atoms with Crippen LogP contribution in [0.2, 0.25) is 0 Å². The molecule has 0 saturated carbocycles. The third kappa shape index (κ3) is 3.57.